The van der Waals surface area contributed by atoms with E-state index in [0.29, 0.717) is 0 Å². The molecule has 0 saturated heterocycles. The molecule has 0 bridgehead atoms. The molecule has 3 heteroatoms. The van der Waals surface area contributed by atoms with Gasteiger partial charge in [-0.1, -0.05) is 39.7 Å². The first-order chi connectivity index (χ1) is 9.43. The molecule has 0 heterocycles. The summed E-state index contributed by atoms with van der Waals surface area (Å²) in [5.74, 6) is 0.829. The molecule has 0 saturated carbocycles. The molecule has 0 aliphatic rings. The Bertz CT molecular complexity index is 637. The molecule has 2 aromatic carbocycles. The predicted molar refractivity (Wildman–Crippen MR) is 89.0 cm³/mol. The standard InChI is InChI=1S/C17H18BrClO/c1-10-5-6-16(20-4)14(7-10)17(19)13-8-12(3)15(18)9-11(13)2/h5-9,17H,1-4H3. The lowest BCUT2D eigenvalue weighted by Crippen LogP contribution is -2.01. The van der Waals surface area contributed by atoms with Crippen LogP contribution in [0.2, 0.25) is 0 Å². The summed E-state index contributed by atoms with van der Waals surface area (Å²) in [5.41, 5.74) is 5.67. The molecule has 106 valence electrons. The van der Waals surface area contributed by atoms with Crippen molar-refractivity contribution in [1.29, 1.82) is 0 Å². The Morgan fingerprint density at radius 3 is 2.35 bits per heavy atom. The molecule has 0 N–H and O–H groups in total. The van der Waals surface area contributed by atoms with Crippen molar-refractivity contribution in [2.45, 2.75) is 26.1 Å². The monoisotopic (exact) mass is 352 g/mol. The van der Waals surface area contributed by atoms with Crippen molar-refractivity contribution >= 4 is 27.5 Å². The number of aryl methyl sites for hydroxylation is 3. The Labute approximate surface area is 134 Å². The van der Waals surface area contributed by atoms with Crippen LogP contribution < -0.4 is 4.74 Å². The van der Waals surface area contributed by atoms with Gasteiger partial charge in [0.15, 0.2) is 0 Å². The molecule has 2 aromatic rings. The van der Waals surface area contributed by atoms with Crippen LogP contribution in [-0.4, -0.2) is 7.11 Å². The minimum Gasteiger partial charge on any atom is -0.496 e. The van der Waals surface area contributed by atoms with Crippen molar-refractivity contribution in [3.63, 3.8) is 0 Å². The van der Waals surface area contributed by atoms with Crippen molar-refractivity contribution in [1.82, 2.24) is 0 Å². The number of hydrogen-bond acceptors (Lipinski definition) is 1. The SMILES string of the molecule is COc1ccc(C)cc1C(Cl)c1cc(C)c(Br)cc1C. The summed E-state index contributed by atoms with van der Waals surface area (Å²) in [7, 11) is 1.68. The number of halogens is 2. The van der Waals surface area contributed by atoms with E-state index in [1.165, 1.54) is 16.7 Å². The molecule has 0 fully saturated rings. The molecule has 2 rings (SSSR count). The van der Waals surface area contributed by atoms with Crippen molar-refractivity contribution in [3.8, 4) is 5.75 Å². The highest BCUT2D eigenvalue weighted by Gasteiger charge is 2.18. The molecule has 1 nitrogen and oxygen atoms in total. The molecule has 1 unspecified atom stereocenters. The highest BCUT2D eigenvalue weighted by atomic mass is 79.9. The third-order valence-electron chi connectivity index (χ3n) is 3.48. The zero-order valence-electron chi connectivity index (χ0n) is 12.1. The van der Waals surface area contributed by atoms with Crippen LogP contribution >= 0.6 is 27.5 Å². The zero-order chi connectivity index (χ0) is 14.9. The van der Waals surface area contributed by atoms with Crippen molar-refractivity contribution in [3.05, 3.63) is 62.6 Å². The van der Waals surface area contributed by atoms with E-state index >= 15 is 0 Å². The second-order valence-electron chi connectivity index (χ2n) is 5.07. The van der Waals surface area contributed by atoms with Crippen LogP contribution in [0.4, 0.5) is 0 Å². The lowest BCUT2D eigenvalue weighted by molar-refractivity contribution is 0.410. The maximum absolute atomic E-state index is 6.72. The summed E-state index contributed by atoms with van der Waals surface area (Å²) >= 11 is 10.3. The minimum atomic E-state index is -0.211. The van der Waals surface area contributed by atoms with Crippen molar-refractivity contribution in [2.75, 3.05) is 7.11 Å². The van der Waals surface area contributed by atoms with Gasteiger partial charge >= 0.3 is 0 Å². The van der Waals surface area contributed by atoms with Crippen LogP contribution in [0.1, 0.15) is 33.2 Å². The largest absolute Gasteiger partial charge is 0.496 e. The van der Waals surface area contributed by atoms with E-state index < -0.39 is 0 Å². The average molecular weight is 354 g/mol. The molecular weight excluding hydrogens is 336 g/mol. The smallest absolute Gasteiger partial charge is 0.123 e. The molecule has 1 atom stereocenters. The Balaban J connectivity index is 2.54. The normalized spacial score (nSPS) is 12.3. The quantitative estimate of drug-likeness (QED) is 0.642. The number of hydrogen-bond donors (Lipinski definition) is 0. The fourth-order valence-corrected chi connectivity index (χ4v) is 3.16. The van der Waals surface area contributed by atoms with Crippen LogP contribution in [0, 0.1) is 20.8 Å². The maximum atomic E-state index is 6.72. The van der Waals surface area contributed by atoms with Crippen LogP contribution in [0.15, 0.2) is 34.8 Å². The number of benzene rings is 2. The lowest BCUT2D eigenvalue weighted by Gasteiger charge is -2.18. The van der Waals surface area contributed by atoms with Gasteiger partial charge in [-0.15, -0.1) is 11.6 Å². The fourth-order valence-electron chi connectivity index (χ4n) is 2.30. The molecule has 20 heavy (non-hydrogen) atoms. The molecule has 0 aliphatic heterocycles. The Kier molecular flexibility index (Phi) is 4.77. The Morgan fingerprint density at radius 2 is 1.70 bits per heavy atom. The molecule has 0 amide bonds. The highest BCUT2D eigenvalue weighted by Crippen LogP contribution is 2.38. The number of methoxy groups -OCH3 is 1. The third-order valence-corrected chi connectivity index (χ3v) is 4.80. The van der Waals surface area contributed by atoms with E-state index in [4.69, 9.17) is 16.3 Å². The van der Waals surface area contributed by atoms with E-state index in [9.17, 15) is 0 Å². The number of alkyl halides is 1. The van der Waals surface area contributed by atoms with E-state index in [2.05, 4.69) is 54.9 Å². The van der Waals surface area contributed by atoms with Gasteiger partial charge in [0.25, 0.3) is 0 Å². The van der Waals surface area contributed by atoms with Gasteiger partial charge in [0.2, 0.25) is 0 Å². The van der Waals surface area contributed by atoms with Gasteiger partial charge in [-0.25, -0.2) is 0 Å². The first-order valence-corrected chi connectivity index (χ1v) is 7.72. The summed E-state index contributed by atoms with van der Waals surface area (Å²) in [6.07, 6.45) is 0. The van der Waals surface area contributed by atoms with E-state index in [-0.39, 0.29) is 5.38 Å². The maximum Gasteiger partial charge on any atom is 0.123 e. The summed E-state index contributed by atoms with van der Waals surface area (Å²) in [6.45, 7) is 6.22. The van der Waals surface area contributed by atoms with Gasteiger partial charge in [-0.05, 0) is 49.6 Å². The van der Waals surface area contributed by atoms with Crippen LogP contribution in [0.5, 0.6) is 5.75 Å². The average Bonchev–Trinajstić information content (AvgIpc) is 2.42. The van der Waals surface area contributed by atoms with Gasteiger partial charge in [-0.2, -0.15) is 0 Å². The van der Waals surface area contributed by atoms with Gasteiger partial charge in [0.05, 0.1) is 12.5 Å². The first-order valence-electron chi connectivity index (χ1n) is 6.49. The fraction of sp³-hybridized carbons (Fsp3) is 0.294. The van der Waals surface area contributed by atoms with Crippen LogP contribution in [0.25, 0.3) is 0 Å². The number of rotatable bonds is 3. The second-order valence-corrected chi connectivity index (χ2v) is 6.36. The van der Waals surface area contributed by atoms with Gasteiger partial charge in [0.1, 0.15) is 5.75 Å². The minimum absolute atomic E-state index is 0.211. The lowest BCUT2D eigenvalue weighted by atomic mass is 9.96. The molecule has 0 spiro atoms. The van der Waals surface area contributed by atoms with Crippen molar-refractivity contribution < 1.29 is 4.74 Å². The van der Waals surface area contributed by atoms with Gasteiger partial charge in [0, 0.05) is 10.0 Å². The molecule has 0 radical (unpaired) electrons. The van der Waals surface area contributed by atoms with E-state index in [0.717, 1.165) is 21.3 Å². The summed E-state index contributed by atoms with van der Waals surface area (Å²) in [4.78, 5) is 0. The van der Waals surface area contributed by atoms with E-state index in [1.54, 1.807) is 7.11 Å². The number of ether oxygens (including phenoxy) is 1. The topological polar surface area (TPSA) is 9.23 Å². The second kappa shape index (κ2) is 6.19. The van der Waals surface area contributed by atoms with Crippen LogP contribution in [0.3, 0.4) is 0 Å². The summed E-state index contributed by atoms with van der Waals surface area (Å²) < 4.78 is 6.55. The van der Waals surface area contributed by atoms with Gasteiger partial charge in [-0.3, -0.25) is 0 Å². The Morgan fingerprint density at radius 1 is 1.00 bits per heavy atom. The predicted octanol–water partition coefficient (Wildman–Crippen LogP) is 5.71. The van der Waals surface area contributed by atoms with E-state index in [1.807, 2.05) is 12.1 Å². The third kappa shape index (κ3) is 3.02. The van der Waals surface area contributed by atoms with Crippen molar-refractivity contribution in [2.24, 2.45) is 0 Å². The molecular formula is C17H18BrClO. The van der Waals surface area contributed by atoms with Crippen LogP contribution in [-0.2, 0) is 0 Å². The summed E-state index contributed by atoms with van der Waals surface area (Å²) in [6, 6.07) is 10.3. The highest BCUT2D eigenvalue weighted by molar-refractivity contribution is 9.10. The molecule has 0 aliphatic carbocycles. The zero-order valence-corrected chi connectivity index (χ0v) is 14.5. The molecule has 0 aromatic heterocycles. The Hall–Kier alpha value is -0.990. The first kappa shape index (κ1) is 15.4. The van der Waals surface area contributed by atoms with Gasteiger partial charge < -0.3 is 4.74 Å². The summed E-state index contributed by atoms with van der Waals surface area (Å²) in [5, 5.41) is -0.211.